The number of anilines is 3. The molecule has 5 aromatic rings. The van der Waals surface area contributed by atoms with Crippen LogP contribution in [-0.2, 0) is 5.41 Å². The molecule has 9 rings (SSSR count). The van der Waals surface area contributed by atoms with Crippen molar-refractivity contribution in [2.75, 3.05) is 4.90 Å². The minimum Gasteiger partial charge on any atom is -0.311 e. The zero-order valence-electron chi connectivity index (χ0n) is 23.9. The van der Waals surface area contributed by atoms with Crippen molar-refractivity contribution in [3.8, 4) is 16.8 Å². The molecule has 4 aliphatic rings. The first-order chi connectivity index (χ1) is 19.4. The summed E-state index contributed by atoms with van der Waals surface area (Å²) in [7, 11) is 0. The van der Waals surface area contributed by atoms with Gasteiger partial charge in [-0.3, -0.25) is 4.57 Å². The lowest BCUT2D eigenvalue weighted by Gasteiger charge is -2.39. The Morgan fingerprint density at radius 1 is 0.775 bits per heavy atom. The predicted octanol–water partition coefficient (Wildman–Crippen LogP) is 7.27. The number of fused-ring (bicyclic) bond motifs is 2. The molecule has 0 saturated heterocycles. The maximum Gasteiger partial charge on any atom is 0.253 e. The summed E-state index contributed by atoms with van der Waals surface area (Å²) in [5.74, 6) is 1.82. The van der Waals surface area contributed by atoms with E-state index in [4.69, 9.17) is 4.98 Å². The van der Waals surface area contributed by atoms with Gasteiger partial charge in [-0.1, -0.05) is 70.4 Å². The monoisotopic (exact) mass is 519 g/mol. The van der Waals surface area contributed by atoms with Crippen molar-refractivity contribution in [1.82, 2.24) is 9.55 Å². The quantitative estimate of drug-likeness (QED) is 0.224. The van der Waals surface area contributed by atoms with Crippen LogP contribution < -0.4 is 21.3 Å². The highest BCUT2D eigenvalue weighted by atomic mass is 15.2. The van der Waals surface area contributed by atoms with E-state index < -0.39 is 0 Å². The molecule has 1 aliphatic carbocycles. The molecule has 4 heterocycles. The molecular formula is C36H34BN3. The van der Waals surface area contributed by atoms with Gasteiger partial charge in [-0.15, -0.1) is 0 Å². The number of nitrogens with zero attached hydrogens (tertiary/aromatic N) is 3. The minimum atomic E-state index is 0.127. The SMILES string of the molecule is Cc1cc2c3c(c1)-n1c(C4CCCCC4)nc4ccc5c(c41)B3c1c-5cccc1N2c1ccc(C(C)(C)C)cc1. The van der Waals surface area contributed by atoms with Gasteiger partial charge >= 0.3 is 0 Å². The van der Waals surface area contributed by atoms with Gasteiger partial charge in [0.15, 0.2) is 0 Å². The van der Waals surface area contributed by atoms with E-state index in [1.165, 1.54) is 110 Å². The third-order valence-corrected chi connectivity index (χ3v) is 10.1. The zero-order chi connectivity index (χ0) is 26.9. The molecule has 0 radical (unpaired) electrons. The third kappa shape index (κ3) is 2.84. The van der Waals surface area contributed by atoms with E-state index >= 15 is 0 Å². The summed E-state index contributed by atoms with van der Waals surface area (Å²) in [6.45, 7) is 9.40. The van der Waals surface area contributed by atoms with Crippen LogP contribution in [0, 0.1) is 6.92 Å². The van der Waals surface area contributed by atoms with Gasteiger partial charge in [0.05, 0.1) is 11.0 Å². The Morgan fingerprint density at radius 3 is 2.30 bits per heavy atom. The summed E-state index contributed by atoms with van der Waals surface area (Å²) in [5, 5.41) is 0. The molecule has 0 atom stereocenters. The Balaban J connectivity index is 1.38. The Bertz CT molecular complexity index is 1880. The molecule has 4 aromatic carbocycles. The number of rotatable bonds is 2. The van der Waals surface area contributed by atoms with Crippen molar-refractivity contribution in [1.29, 1.82) is 0 Å². The molecule has 0 unspecified atom stereocenters. The van der Waals surface area contributed by atoms with E-state index in [9.17, 15) is 0 Å². The maximum atomic E-state index is 5.41. The van der Waals surface area contributed by atoms with Gasteiger partial charge in [-0.25, -0.2) is 4.98 Å². The molecule has 3 nitrogen and oxygen atoms in total. The first-order valence-electron chi connectivity index (χ1n) is 15.1. The van der Waals surface area contributed by atoms with Gasteiger partial charge in [0.2, 0.25) is 0 Å². The van der Waals surface area contributed by atoms with Gasteiger partial charge in [-0.2, -0.15) is 0 Å². The molecule has 40 heavy (non-hydrogen) atoms. The first-order valence-corrected chi connectivity index (χ1v) is 15.1. The molecular weight excluding hydrogens is 485 g/mol. The van der Waals surface area contributed by atoms with Crippen LogP contribution in [0.4, 0.5) is 17.1 Å². The molecule has 1 fully saturated rings. The number of aryl methyl sites for hydroxylation is 1. The van der Waals surface area contributed by atoms with Crippen molar-refractivity contribution in [3.05, 3.63) is 83.7 Å². The third-order valence-electron chi connectivity index (χ3n) is 10.1. The van der Waals surface area contributed by atoms with Crippen molar-refractivity contribution >= 4 is 51.2 Å². The number of imidazole rings is 1. The van der Waals surface area contributed by atoms with Crippen LogP contribution in [0.5, 0.6) is 0 Å². The van der Waals surface area contributed by atoms with Crippen LogP contribution in [0.25, 0.3) is 27.8 Å². The zero-order valence-corrected chi connectivity index (χ0v) is 23.9. The molecule has 1 saturated carbocycles. The van der Waals surface area contributed by atoms with Gasteiger partial charge in [0.25, 0.3) is 6.71 Å². The predicted molar refractivity (Wildman–Crippen MR) is 169 cm³/mol. The number of aromatic nitrogens is 2. The summed E-state index contributed by atoms with van der Waals surface area (Å²) in [4.78, 5) is 7.95. The van der Waals surface area contributed by atoms with Crippen LogP contribution in [-0.4, -0.2) is 16.3 Å². The standard InChI is InChI=1S/C36H34BN3/c1-21-19-29-33-30(20-21)40-34-27(38-35(40)22-9-6-5-7-10-22)18-17-26-25-11-8-12-28(31(25)37(33)32(26)34)39(29)24-15-13-23(14-16-24)36(2,3)4/h8,11-20,22H,5-7,9-10H2,1-4H3. The lowest BCUT2D eigenvalue weighted by Crippen LogP contribution is -2.58. The van der Waals surface area contributed by atoms with Gasteiger partial charge < -0.3 is 4.90 Å². The van der Waals surface area contributed by atoms with Gasteiger partial charge in [0.1, 0.15) is 5.82 Å². The van der Waals surface area contributed by atoms with Gasteiger partial charge in [0, 0.05) is 28.7 Å². The van der Waals surface area contributed by atoms with Gasteiger partial charge in [-0.05, 0) is 100 Å². The maximum absolute atomic E-state index is 5.41. The Morgan fingerprint density at radius 2 is 1.52 bits per heavy atom. The highest BCUT2D eigenvalue weighted by Crippen LogP contribution is 2.46. The highest BCUT2D eigenvalue weighted by molar-refractivity contribution is 7.03. The minimum absolute atomic E-state index is 0.127. The van der Waals surface area contributed by atoms with Crippen molar-refractivity contribution in [3.63, 3.8) is 0 Å². The molecule has 0 amide bonds. The van der Waals surface area contributed by atoms with Crippen LogP contribution >= 0.6 is 0 Å². The average Bonchev–Trinajstić information content (AvgIpc) is 3.50. The smallest absolute Gasteiger partial charge is 0.253 e. The Kier molecular flexibility index (Phi) is 4.42. The topological polar surface area (TPSA) is 21.1 Å². The fourth-order valence-corrected chi connectivity index (χ4v) is 8.28. The van der Waals surface area contributed by atoms with Crippen molar-refractivity contribution < 1.29 is 0 Å². The van der Waals surface area contributed by atoms with E-state index in [0.717, 1.165) is 0 Å². The second kappa shape index (κ2) is 7.69. The van der Waals surface area contributed by atoms with Crippen molar-refractivity contribution in [2.24, 2.45) is 0 Å². The van der Waals surface area contributed by atoms with E-state index in [-0.39, 0.29) is 12.1 Å². The van der Waals surface area contributed by atoms with E-state index in [2.05, 4.69) is 104 Å². The lowest BCUT2D eigenvalue weighted by molar-refractivity contribution is 0.426. The average molecular weight is 520 g/mol. The molecule has 0 bridgehead atoms. The Labute approximate surface area is 236 Å². The summed E-state index contributed by atoms with van der Waals surface area (Å²) >= 11 is 0. The Hall–Kier alpha value is -3.79. The number of hydrogen-bond donors (Lipinski definition) is 0. The second-order valence-electron chi connectivity index (χ2n) is 13.6. The van der Waals surface area contributed by atoms with Crippen LogP contribution in [0.2, 0.25) is 0 Å². The largest absolute Gasteiger partial charge is 0.311 e. The molecule has 4 heteroatoms. The molecule has 0 N–H and O–H groups in total. The summed E-state index contributed by atoms with van der Waals surface area (Å²) in [5.41, 5.74) is 17.8. The molecule has 0 spiro atoms. The highest BCUT2D eigenvalue weighted by Gasteiger charge is 2.48. The van der Waals surface area contributed by atoms with Crippen LogP contribution in [0.3, 0.4) is 0 Å². The van der Waals surface area contributed by atoms with E-state index in [1.807, 2.05) is 0 Å². The van der Waals surface area contributed by atoms with E-state index in [1.54, 1.807) is 0 Å². The molecule has 1 aromatic heterocycles. The molecule has 3 aliphatic heterocycles. The number of benzene rings is 4. The summed E-state index contributed by atoms with van der Waals surface area (Å²) in [6.07, 6.45) is 6.48. The summed E-state index contributed by atoms with van der Waals surface area (Å²) in [6, 6.07) is 25.7. The second-order valence-corrected chi connectivity index (χ2v) is 13.6. The fourth-order valence-electron chi connectivity index (χ4n) is 8.28. The van der Waals surface area contributed by atoms with Crippen LogP contribution in [0.15, 0.2) is 66.7 Å². The molecule has 196 valence electrons. The fraction of sp³-hybridized carbons (Fsp3) is 0.306. The summed E-state index contributed by atoms with van der Waals surface area (Å²) < 4.78 is 2.60. The van der Waals surface area contributed by atoms with E-state index in [0.29, 0.717) is 5.92 Å². The van der Waals surface area contributed by atoms with Crippen molar-refractivity contribution in [2.45, 2.75) is 71.1 Å². The first kappa shape index (κ1) is 23.0. The lowest BCUT2D eigenvalue weighted by atomic mass is 9.35. The normalized spacial score (nSPS) is 16.8. The van der Waals surface area contributed by atoms with Crippen LogP contribution in [0.1, 0.15) is 75.7 Å². The number of hydrogen-bond acceptors (Lipinski definition) is 2.